The molecule has 4 nitrogen and oxygen atoms in total. The Bertz CT molecular complexity index is 313. The summed E-state index contributed by atoms with van der Waals surface area (Å²) in [5, 5.41) is 0. The summed E-state index contributed by atoms with van der Waals surface area (Å²) >= 11 is 0. The predicted molar refractivity (Wildman–Crippen MR) is 52.4 cm³/mol. The number of carbonyl (C=O) groups is 1. The quantitative estimate of drug-likeness (QED) is 0.671. The Morgan fingerprint density at radius 2 is 2.29 bits per heavy atom. The normalized spacial score (nSPS) is 9.86. The maximum atomic E-state index is 11.5. The number of carbonyl (C=O) groups excluding carboxylic acids is 1. The molecule has 0 spiro atoms. The predicted octanol–water partition coefficient (Wildman–Crippen LogP) is 1.86. The lowest BCUT2D eigenvalue weighted by Gasteiger charge is -2.01. The van der Waals surface area contributed by atoms with Crippen molar-refractivity contribution in [3.8, 4) is 5.88 Å². The Hall–Kier alpha value is -1.45. The van der Waals surface area contributed by atoms with Crippen LogP contribution in [-0.2, 0) is 0 Å². The zero-order valence-corrected chi connectivity index (χ0v) is 8.49. The van der Waals surface area contributed by atoms with E-state index >= 15 is 0 Å². The van der Waals surface area contributed by atoms with Crippen molar-refractivity contribution in [1.29, 1.82) is 0 Å². The molecule has 0 saturated heterocycles. The van der Waals surface area contributed by atoms with Gasteiger partial charge in [-0.2, -0.15) is 0 Å². The molecule has 1 aromatic rings. The van der Waals surface area contributed by atoms with E-state index in [1.807, 2.05) is 6.92 Å². The van der Waals surface area contributed by atoms with Gasteiger partial charge in [-0.25, -0.2) is 9.97 Å². The molecule has 0 aliphatic carbocycles. The highest BCUT2D eigenvalue weighted by Gasteiger charge is 2.07. The van der Waals surface area contributed by atoms with Gasteiger partial charge in [-0.15, -0.1) is 0 Å². The van der Waals surface area contributed by atoms with Gasteiger partial charge >= 0.3 is 0 Å². The lowest BCUT2D eigenvalue weighted by atomic mass is 10.1. The van der Waals surface area contributed by atoms with Gasteiger partial charge in [-0.1, -0.05) is 13.3 Å². The van der Waals surface area contributed by atoms with Gasteiger partial charge < -0.3 is 4.74 Å². The summed E-state index contributed by atoms with van der Waals surface area (Å²) in [6.07, 6.45) is 3.79. The maximum absolute atomic E-state index is 11.5. The lowest BCUT2D eigenvalue weighted by Crippen LogP contribution is -2.03. The average Bonchev–Trinajstić information content (AvgIpc) is 2.26. The van der Waals surface area contributed by atoms with Crippen molar-refractivity contribution in [2.45, 2.75) is 26.2 Å². The Morgan fingerprint density at radius 3 is 2.93 bits per heavy atom. The molecule has 4 heteroatoms. The fourth-order valence-electron chi connectivity index (χ4n) is 1.07. The third kappa shape index (κ3) is 2.80. The molecule has 0 atom stereocenters. The SMILES string of the molecule is CCCCC(=O)c1cc(OC)ncn1. The van der Waals surface area contributed by atoms with Crippen LogP contribution in [0.4, 0.5) is 0 Å². The Kier molecular flexibility index (Phi) is 4.04. The van der Waals surface area contributed by atoms with Crippen LogP contribution in [0.5, 0.6) is 5.88 Å². The highest BCUT2D eigenvalue weighted by atomic mass is 16.5. The molecule has 0 bridgehead atoms. The molecule has 0 N–H and O–H groups in total. The Labute approximate surface area is 83.3 Å². The Balaban J connectivity index is 2.69. The number of nitrogens with zero attached hydrogens (tertiary/aromatic N) is 2. The molecule has 0 amide bonds. The molecular weight excluding hydrogens is 180 g/mol. The second-order valence-electron chi connectivity index (χ2n) is 2.97. The van der Waals surface area contributed by atoms with E-state index in [0.717, 1.165) is 12.8 Å². The van der Waals surface area contributed by atoms with Crippen LogP contribution in [0.1, 0.15) is 36.7 Å². The summed E-state index contributed by atoms with van der Waals surface area (Å²) in [6.45, 7) is 2.05. The largest absolute Gasteiger partial charge is 0.481 e. The molecule has 0 aliphatic rings. The average molecular weight is 194 g/mol. The van der Waals surface area contributed by atoms with Crippen molar-refractivity contribution >= 4 is 5.78 Å². The van der Waals surface area contributed by atoms with Gasteiger partial charge in [0.1, 0.15) is 12.0 Å². The fourth-order valence-corrected chi connectivity index (χ4v) is 1.07. The molecule has 0 aromatic carbocycles. The second kappa shape index (κ2) is 5.32. The number of rotatable bonds is 5. The molecule has 0 radical (unpaired) electrons. The monoisotopic (exact) mass is 194 g/mol. The van der Waals surface area contributed by atoms with Gasteiger partial charge in [0.15, 0.2) is 5.78 Å². The first-order valence-corrected chi connectivity index (χ1v) is 4.67. The first-order valence-electron chi connectivity index (χ1n) is 4.67. The van der Waals surface area contributed by atoms with Gasteiger partial charge in [0.25, 0.3) is 0 Å². The summed E-state index contributed by atoms with van der Waals surface area (Å²) < 4.78 is 4.91. The molecule has 1 aromatic heterocycles. The van der Waals surface area contributed by atoms with Crippen LogP contribution in [0.3, 0.4) is 0 Å². The van der Waals surface area contributed by atoms with Gasteiger partial charge in [-0.05, 0) is 6.42 Å². The Morgan fingerprint density at radius 1 is 1.50 bits per heavy atom. The highest BCUT2D eigenvalue weighted by molar-refractivity contribution is 5.94. The first kappa shape index (κ1) is 10.6. The number of hydrogen-bond acceptors (Lipinski definition) is 4. The van der Waals surface area contributed by atoms with Crippen molar-refractivity contribution in [2.24, 2.45) is 0 Å². The van der Waals surface area contributed by atoms with E-state index in [-0.39, 0.29) is 5.78 Å². The number of Topliss-reactive ketones (excluding diaryl/α,β-unsaturated/α-hetero) is 1. The summed E-state index contributed by atoms with van der Waals surface area (Å²) in [7, 11) is 1.52. The summed E-state index contributed by atoms with van der Waals surface area (Å²) in [4.78, 5) is 19.3. The molecule has 1 heterocycles. The molecule has 0 aliphatic heterocycles. The van der Waals surface area contributed by atoms with Crippen molar-refractivity contribution < 1.29 is 9.53 Å². The maximum Gasteiger partial charge on any atom is 0.216 e. The van der Waals surface area contributed by atoms with Gasteiger partial charge in [-0.3, -0.25) is 4.79 Å². The van der Waals surface area contributed by atoms with E-state index in [1.54, 1.807) is 6.07 Å². The van der Waals surface area contributed by atoms with Crippen molar-refractivity contribution in [2.75, 3.05) is 7.11 Å². The number of hydrogen-bond donors (Lipinski definition) is 0. The molecule has 14 heavy (non-hydrogen) atoms. The third-order valence-electron chi connectivity index (χ3n) is 1.89. The number of ether oxygens (including phenoxy) is 1. The first-order chi connectivity index (χ1) is 6.77. The molecule has 1 rings (SSSR count). The minimum atomic E-state index is 0.0487. The molecule has 76 valence electrons. The molecule has 0 saturated carbocycles. The zero-order chi connectivity index (χ0) is 10.4. The van der Waals surface area contributed by atoms with Crippen LogP contribution in [0, 0.1) is 0 Å². The number of aromatic nitrogens is 2. The van der Waals surface area contributed by atoms with Crippen LogP contribution < -0.4 is 4.74 Å². The smallest absolute Gasteiger partial charge is 0.216 e. The van der Waals surface area contributed by atoms with E-state index in [9.17, 15) is 4.79 Å². The van der Waals surface area contributed by atoms with E-state index in [0.29, 0.717) is 18.0 Å². The second-order valence-corrected chi connectivity index (χ2v) is 2.97. The van der Waals surface area contributed by atoms with Crippen LogP contribution in [0.15, 0.2) is 12.4 Å². The van der Waals surface area contributed by atoms with Crippen LogP contribution in [0.25, 0.3) is 0 Å². The van der Waals surface area contributed by atoms with Gasteiger partial charge in [0.05, 0.1) is 7.11 Å². The van der Waals surface area contributed by atoms with Crippen molar-refractivity contribution in [3.05, 3.63) is 18.1 Å². The van der Waals surface area contributed by atoms with Crippen molar-refractivity contribution in [1.82, 2.24) is 9.97 Å². The summed E-state index contributed by atoms with van der Waals surface area (Å²) in [6, 6.07) is 1.57. The molecule has 0 unspecified atom stereocenters. The van der Waals surface area contributed by atoms with E-state index in [1.165, 1.54) is 13.4 Å². The molecule has 0 fully saturated rings. The number of methoxy groups -OCH3 is 1. The standard InChI is InChI=1S/C10H14N2O2/c1-3-4-5-9(13)8-6-10(14-2)12-7-11-8/h6-7H,3-5H2,1-2H3. The van der Waals surface area contributed by atoms with Crippen LogP contribution in [0.2, 0.25) is 0 Å². The van der Waals surface area contributed by atoms with E-state index in [2.05, 4.69) is 9.97 Å². The highest BCUT2D eigenvalue weighted by Crippen LogP contribution is 2.09. The van der Waals surface area contributed by atoms with E-state index in [4.69, 9.17) is 4.74 Å². The summed E-state index contributed by atoms with van der Waals surface area (Å²) in [5.41, 5.74) is 0.435. The molecular formula is C10H14N2O2. The van der Waals surface area contributed by atoms with Gasteiger partial charge in [0, 0.05) is 12.5 Å². The van der Waals surface area contributed by atoms with Crippen molar-refractivity contribution in [3.63, 3.8) is 0 Å². The number of unbranched alkanes of at least 4 members (excludes halogenated alkanes) is 1. The minimum Gasteiger partial charge on any atom is -0.481 e. The third-order valence-corrected chi connectivity index (χ3v) is 1.89. The fraction of sp³-hybridized carbons (Fsp3) is 0.500. The van der Waals surface area contributed by atoms with Crippen LogP contribution in [-0.4, -0.2) is 22.9 Å². The van der Waals surface area contributed by atoms with Gasteiger partial charge in [0.2, 0.25) is 5.88 Å². The topological polar surface area (TPSA) is 52.1 Å². The zero-order valence-electron chi connectivity index (χ0n) is 8.49. The van der Waals surface area contributed by atoms with E-state index < -0.39 is 0 Å². The number of ketones is 1. The minimum absolute atomic E-state index is 0.0487. The lowest BCUT2D eigenvalue weighted by molar-refractivity contribution is 0.0974. The van der Waals surface area contributed by atoms with Crippen LogP contribution >= 0.6 is 0 Å². The summed E-state index contributed by atoms with van der Waals surface area (Å²) in [5.74, 6) is 0.479.